The van der Waals surface area contributed by atoms with Crippen LogP contribution in [0.15, 0.2) is 140 Å². The lowest BCUT2D eigenvalue weighted by Crippen LogP contribution is -2.44. The van der Waals surface area contributed by atoms with Gasteiger partial charge >= 0.3 is 0 Å². The molecule has 0 aliphatic carbocycles. The Hall–Kier alpha value is -4.57. The van der Waals surface area contributed by atoms with Crippen molar-refractivity contribution >= 4 is 47.3 Å². The molecule has 0 aliphatic rings. The first kappa shape index (κ1) is 38.7. The fraction of sp³-hybridized carbons (Fsp3) is 0.279. The summed E-state index contributed by atoms with van der Waals surface area (Å²) in [7, 11) is -7.12. The van der Waals surface area contributed by atoms with Gasteiger partial charge in [-0.2, -0.15) is 0 Å². The minimum Gasteiger partial charge on any atom is -0.343 e. The van der Waals surface area contributed by atoms with E-state index in [1.54, 1.807) is 9.80 Å². The standard InChI is InChI=1S/C43H49N3O4P2/c1-5-45(6-2)42(47)40(51(49,36-24-13-9-14-25-36)37-26-15-10-16-27-37)32-34-22-21-23-35(44-34)33-41(43(48)46(7-3)8-4)52(50,38-28-17-11-18-29-38)39-30-19-12-20-31-39/h9-31,40-41H,5-8,32-33H2,1-4H3/t40-,41-/m0/s1. The van der Waals surface area contributed by atoms with Crippen LogP contribution >= 0.6 is 14.3 Å². The first-order chi connectivity index (χ1) is 25.2. The van der Waals surface area contributed by atoms with E-state index in [0.717, 1.165) is 0 Å². The van der Waals surface area contributed by atoms with Crippen molar-refractivity contribution < 1.29 is 18.7 Å². The van der Waals surface area contributed by atoms with Gasteiger partial charge in [0.25, 0.3) is 0 Å². The van der Waals surface area contributed by atoms with Crippen LogP contribution < -0.4 is 21.2 Å². The van der Waals surface area contributed by atoms with Crippen LogP contribution in [0.2, 0.25) is 0 Å². The van der Waals surface area contributed by atoms with Crippen LogP contribution in [0, 0.1) is 0 Å². The van der Waals surface area contributed by atoms with Gasteiger partial charge in [-0.05, 0) is 39.8 Å². The largest absolute Gasteiger partial charge is 0.343 e. The Kier molecular flexibility index (Phi) is 13.2. The highest BCUT2D eigenvalue weighted by molar-refractivity contribution is 7.80. The maximum Gasteiger partial charge on any atom is 0.234 e. The summed E-state index contributed by atoms with van der Waals surface area (Å²) in [5.41, 5.74) is -0.683. The summed E-state index contributed by atoms with van der Waals surface area (Å²) in [5.74, 6) is -0.388. The van der Waals surface area contributed by atoms with E-state index in [-0.39, 0.29) is 24.7 Å². The molecular formula is C43H49N3O4P2. The zero-order valence-corrected chi connectivity index (χ0v) is 32.3. The summed E-state index contributed by atoms with van der Waals surface area (Å²) in [6.07, 6.45) is 0.238. The van der Waals surface area contributed by atoms with Crippen LogP contribution in [0.25, 0.3) is 0 Å². The predicted octanol–water partition coefficient (Wildman–Crippen LogP) is 6.67. The van der Waals surface area contributed by atoms with Crippen LogP contribution in [0.3, 0.4) is 0 Å². The van der Waals surface area contributed by atoms with Crippen molar-refractivity contribution in [2.45, 2.75) is 51.9 Å². The molecule has 4 aromatic carbocycles. The Labute approximate surface area is 308 Å². The summed E-state index contributed by atoms with van der Waals surface area (Å²) in [4.78, 5) is 37.5. The molecule has 52 heavy (non-hydrogen) atoms. The molecule has 0 saturated heterocycles. The van der Waals surface area contributed by atoms with Gasteiger partial charge in [0.15, 0.2) is 14.3 Å². The van der Waals surface area contributed by atoms with Crippen molar-refractivity contribution in [3.05, 3.63) is 151 Å². The smallest absolute Gasteiger partial charge is 0.234 e. The molecule has 9 heteroatoms. The van der Waals surface area contributed by atoms with Gasteiger partial charge in [-0.3, -0.25) is 14.6 Å². The fourth-order valence-corrected chi connectivity index (χ4v) is 13.3. The average Bonchev–Trinajstić information content (AvgIpc) is 3.20. The monoisotopic (exact) mass is 733 g/mol. The first-order valence-corrected chi connectivity index (χ1v) is 21.7. The van der Waals surface area contributed by atoms with E-state index >= 15 is 9.13 Å². The number of carbonyl (C=O) groups excluding carboxylic acids is 2. The average molecular weight is 734 g/mol. The van der Waals surface area contributed by atoms with Gasteiger partial charge in [0.1, 0.15) is 11.3 Å². The Balaban J connectivity index is 1.63. The topological polar surface area (TPSA) is 87.7 Å². The zero-order valence-electron chi connectivity index (χ0n) is 30.5. The highest BCUT2D eigenvalue weighted by Crippen LogP contribution is 2.52. The van der Waals surface area contributed by atoms with Gasteiger partial charge in [-0.1, -0.05) is 127 Å². The van der Waals surface area contributed by atoms with Crippen molar-refractivity contribution in [2.24, 2.45) is 0 Å². The summed E-state index contributed by atoms with van der Waals surface area (Å²) >= 11 is 0. The number of carbonyl (C=O) groups is 2. The third-order valence-corrected chi connectivity index (χ3v) is 16.7. The Morgan fingerprint density at radius 3 is 0.981 bits per heavy atom. The lowest BCUT2D eigenvalue weighted by atomic mass is 10.1. The van der Waals surface area contributed by atoms with Gasteiger partial charge < -0.3 is 18.9 Å². The molecule has 0 N–H and O–H groups in total. The van der Waals surface area contributed by atoms with E-state index < -0.39 is 25.6 Å². The van der Waals surface area contributed by atoms with Gasteiger partial charge in [0.2, 0.25) is 11.8 Å². The molecule has 1 heterocycles. The molecule has 2 amide bonds. The minimum atomic E-state index is -3.56. The van der Waals surface area contributed by atoms with Gasteiger partial charge in [-0.25, -0.2) is 0 Å². The van der Waals surface area contributed by atoms with Gasteiger partial charge in [0.05, 0.1) is 0 Å². The molecule has 0 fully saturated rings. The number of nitrogens with zero attached hydrogens (tertiary/aromatic N) is 3. The SMILES string of the molecule is CCN(CC)C(=O)[C@H](Cc1cccc(C[C@@H](C(=O)N(CC)CC)P(=O)(c2ccccc2)c2ccccc2)n1)P(=O)(c1ccccc1)c1ccccc1. The number of pyridine rings is 1. The molecule has 2 atom stereocenters. The summed E-state index contributed by atoms with van der Waals surface area (Å²) in [6, 6.07) is 42.6. The molecule has 0 aliphatic heterocycles. The maximum atomic E-state index is 15.7. The molecule has 0 radical (unpaired) electrons. The second kappa shape index (κ2) is 17.8. The molecular weight excluding hydrogens is 684 g/mol. The Morgan fingerprint density at radius 2 is 0.731 bits per heavy atom. The number of aromatic nitrogens is 1. The number of hydrogen-bond acceptors (Lipinski definition) is 5. The summed E-state index contributed by atoms with van der Waals surface area (Å²) in [6.45, 7) is 9.63. The normalized spacial score (nSPS) is 12.8. The van der Waals surface area contributed by atoms with Crippen LogP contribution in [0.4, 0.5) is 0 Å². The lowest BCUT2D eigenvalue weighted by molar-refractivity contribution is -0.131. The van der Waals surface area contributed by atoms with E-state index in [9.17, 15) is 9.59 Å². The highest BCUT2D eigenvalue weighted by atomic mass is 31.2. The quantitative estimate of drug-likeness (QED) is 0.106. The molecule has 1 aromatic heterocycles. The molecule has 7 nitrogen and oxygen atoms in total. The maximum absolute atomic E-state index is 15.7. The number of rotatable bonds is 16. The van der Waals surface area contributed by atoms with Crippen molar-refractivity contribution in [1.82, 2.24) is 14.8 Å². The Morgan fingerprint density at radius 1 is 0.462 bits per heavy atom. The molecule has 0 saturated carbocycles. The van der Waals surface area contributed by atoms with Gasteiger partial charge in [0, 0.05) is 71.6 Å². The minimum absolute atomic E-state index is 0.119. The molecule has 0 unspecified atom stereocenters. The van der Waals surface area contributed by atoms with E-state index in [1.165, 1.54) is 0 Å². The molecule has 270 valence electrons. The second-order valence-corrected chi connectivity index (χ2v) is 18.7. The third kappa shape index (κ3) is 8.07. The van der Waals surface area contributed by atoms with Crippen molar-refractivity contribution in [2.75, 3.05) is 26.2 Å². The Bertz CT molecular complexity index is 1770. The van der Waals surface area contributed by atoms with E-state index in [0.29, 0.717) is 58.8 Å². The van der Waals surface area contributed by atoms with Crippen LogP contribution in [-0.4, -0.2) is 64.1 Å². The van der Waals surface area contributed by atoms with Gasteiger partial charge in [-0.15, -0.1) is 0 Å². The van der Waals surface area contributed by atoms with Crippen LogP contribution in [0.5, 0.6) is 0 Å². The van der Waals surface area contributed by atoms with Crippen molar-refractivity contribution in [1.29, 1.82) is 0 Å². The number of hydrogen-bond donors (Lipinski definition) is 0. The van der Waals surface area contributed by atoms with E-state index in [4.69, 9.17) is 4.98 Å². The molecule has 0 spiro atoms. The second-order valence-electron chi connectivity index (χ2n) is 12.7. The van der Waals surface area contributed by atoms with Crippen LogP contribution in [0.1, 0.15) is 39.1 Å². The highest BCUT2D eigenvalue weighted by Gasteiger charge is 2.45. The van der Waals surface area contributed by atoms with Crippen molar-refractivity contribution in [3.63, 3.8) is 0 Å². The third-order valence-electron chi connectivity index (χ3n) is 9.83. The van der Waals surface area contributed by atoms with E-state index in [2.05, 4.69) is 0 Å². The predicted molar refractivity (Wildman–Crippen MR) is 215 cm³/mol. The van der Waals surface area contributed by atoms with Crippen molar-refractivity contribution in [3.8, 4) is 0 Å². The molecule has 0 bridgehead atoms. The molecule has 5 rings (SSSR count). The lowest BCUT2D eigenvalue weighted by Gasteiger charge is -2.32. The summed E-state index contributed by atoms with van der Waals surface area (Å²) in [5, 5.41) is 2.44. The van der Waals surface area contributed by atoms with Crippen LogP contribution in [-0.2, 0) is 31.6 Å². The molecule has 5 aromatic rings. The zero-order chi connectivity index (χ0) is 37.1. The number of benzene rings is 4. The first-order valence-electron chi connectivity index (χ1n) is 18.2. The number of amides is 2. The van der Waals surface area contributed by atoms with E-state index in [1.807, 2.05) is 167 Å². The fourth-order valence-electron chi connectivity index (χ4n) is 7.00. The summed E-state index contributed by atoms with van der Waals surface area (Å²) < 4.78 is 31.3.